The lowest BCUT2D eigenvalue weighted by molar-refractivity contribution is 0.332. The normalized spacial score (nSPS) is 18.5. The summed E-state index contributed by atoms with van der Waals surface area (Å²) in [6, 6.07) is 41.4. The standard InChI is InChI=1S/C61H71BN2/c1-37-28-53-55-54(29-37)64(51-34-46-43(30-38(51)2)60(13,14)36-61(46,15)16)50-25-23-41(57(6,7)8)32-47(50)62(55)48-33-44-45(59(11,12)27-26-58(44,9)10)35-52(48)63(53)49-24-22-40(56(3,4)5)31-42(49)39-20-18-17-19-21-39/h17-25,28-35H,26-27,36H2,1-16H3. The maximum absolute atomic E-state index is 2.70. The van der Waals surface area contributed by atoms with Crippen LogP contribution in [0.1, 0.15) is 161 Å². The second-order valence-electron chi connectivity index (χ2n) is 25.0. The van der Waals surface area contributed by atoms with E-state index in [1.54, 1.807) is 0 Å². The summed E-state index contributed by atoms with van der Waals surface area (Å²) < 4.78 is 0. The van der Waals surface area contributed by atoms with Crippen molar-refractivity contribution in [3.8, 4) is 11.1 Å². The average molecular weight is 843 g/mol. The van der Waals surface area contributed by atoms with E-state index >= 15 is 0 Å². The summed E-state index contributed by atoms with van der Waals surface area (Å²) >= 11 is 0. The van der Waals surface area contributed by atoms with Crippen molar-refractivity contribution in [3.05, 3.63) is 148 Å². The second-order valence-corrected chi connectivity index (χ2v) is 25.0. The molecule has 0 fully saturated rings. The first-order valence-corrected chi connectivity index (χ1v) is 24.2. The lowest BCUT2D eigenvalue weighted by atomic mass is 9.33. The minimum Gasteiger partial charge on any atom is -0.311 e. The monoisotopic (exact) mass is 843 g/mol. The number of fused-ring (bicyclic) bond motifs is 6. The van der Waals surface area contributed by atoms with Crippen LogP contribution in [0.5, 0.6) is 0 Å². The fourth-order valence-corrected chi connectivity index (χ4v) is 12.6. The molecule has 328 valence electrons. The zero-order chi connectivity index (χ0) is 45.8. The molecule has 0 saturated heterocycles. The molecular weight excluding hydrogens is 771 g/mol. The zero-order valence-corrected chi connectivity index (χ0v) is 41.9. The molecule has 0 N–H and O–H groups in total. The molecule has 0 atom stereocenters. The lowest BCUT2D eigenvalue weighted by Crippen LogP contribution is -2.62. The minimum atomic E-state index is -0.0138. The number of hydrogen-bond donors (Lipinski definition) is 0. The van der Waals surface area contributed by atoms with Crippen molar-refractivity contribution in [3.63, 3.8) is 0 Å². The fraction of sp³-hybridized carbons (Fsp3) is 0.410. The van der Waals surface area contributed by atoms with Crippen LogP contribution in [0.15, 0.2) is 103 Å². The van der Waals surface area contributed by atoms with Crippen LogP contribution in [0.4, 0.5) is 34.1 Å². The van der Waals surface area contributed by atoms with E-state index in [4.69, 9.17) is 0 Å². The van der Waals surface area contributed by atoms with Crippen LogP contribution >= 0.6 is 0 Å². The first kappa shape index (κ1) is 42.9. The van der Waals surface area contributed by atoms with Crippen LogP contribution in [-0.2, 0) is 32.5 Å². The smallest absolute Gasteiger partial charge is 0.252 e. The molecule has 64 heavy (non-hydrogen) atoms. The third-order valence-electron chi connectivity index (χ3n) is 16.2. The van der Waals surface area contributed by atoms with Crippen LogP contribution in [-0.4, -0.2) is 6.71 Å². The third-order valence-corrected chi connectivity index (χ3v) is 16.2. The Hall–Kier alpha value is -5.02. The van der Waals surface area contributed by atoms with Crippen molar-refractivity contribution in [2.75, 3.05) is 9.80 Å². The Kier molecular flexibility index (Phi) is 9.22. The molecule has 0 spiro atoms. The van der Waals surface area contributed by atoms with Crippen molar-refractivity contribution in [1.82, 2.24) is 0 Å². The summed E-state index contributed by atoms with van der Waals surface area (Å²) in [6.45, 7) is 38.6. The van der Waals surface area contributed by atoms with Crippen LogP contribution < -0.4 is 26.2 Å². The molecule has 3 heteroatoms. The Morgan fingerprint density at radius 2 is 0.938 bits per heavy atom. The molecule has 4 aliphatic rings. The van der Waals surface area contributed by atoms with E-state index in [1.807, 2.05) is 0 Å². The molecule has 6 aromatic rings. The number of hydrogen-bond acceptors (Lipinski definition) is 2. The van der Waals surface area contributed by atoms with Gasteiger partial charge in [-0.05, 0) is 175 Å². The van der Waals surface area contributed by atoms with Gasteiger partial charge >= 0.3 is 0 Å². The van der Waals surface area contributed by atoms with E-state index in [2.05, 4.69) is 224 Å². The van der Waals surface area contributed by atoms with Gasteiger partial charge in [-0.1, -0.05) is 158 Å². The van der Waals surface area contributed by atoms with Gasteiger partial charge in [0, 0.05) is 34.0 Å². The zero-order valence-electron chi connectivity index (χ0n) is 41.9. The number of anilines is 6. The predicted octanol–water partition coefficient (Wildman–Crippen LogP) is 15.0. The Morgan fingerprint density at radius 1 is 0.453 bits per heavy atom. The lowest BCUT2D eigenvalue weighted by Gasteiger charge is -2.48. The molecule has 0 unspecified atom stereocenters. The highest BCUT2D eigenvalue weighted by molar-refractivity contribution is 7.00. The van der Waals surface area contributed by atoms with Crippen LogP contribution in [0.3, 0.4) is 0 Å². The first-order valence-electron chi connectivity index (χ1n) is 24.2. The van der Waals surface area contributed by atoms with Crippen molar-refractivity contribution < 1.29 is 0 Å². The van der Waals surface area contributed by atoms with Gasteiger partial charge in [-0.3, -0.25) is 0 Å². The predicted molar refractivity (Wildman–Crippen MR) is 279 cm³/mol. The molecule has 0 amide bonds. The maximum atomic E-state index is 2.70. The van der Waals surface area contributed by atoms with Crippen LogP contribution in [0.2, 0.25) is 0 Å². The van der Waals surface area contributed by atoms with Gasteiger partial charge in [0.25, 0.3) is 6.71 Å². The second kappa shape index (κ2) is 13.8. The van der Waals surface area contributed by atoms with Crippen molar-refractivity contribution in [2.45, 2.75) is 163 Å². The summed E-state index contributed by atoms with van der Waals surface area (Å²) in [5.74, 6) is 0. The van der Waals surface area contributed by atoms with Crippen molar-refractivity contribution in [2.24, 2.45) is 0 Å². The van der Waals surface area contributed by atoms with Crippen molar-refractivity contribution >= 4 is 57.2 Å². The first-order chi connectivity index (χ1) is 29.8. The summed E-state index contributed by atoms with van der Waals surface area (Å²) in [6.07, 6.45) is 3.50. The van der Waals surface area contributed by atoms with Crippen molar-refractivity contribution in [1.29, 1.82) is 0 Å². The Labute approximate surface area is 386 Å². The quantitative estimate of drug-likeness (QED) is 0.164. The summed E-state index contributed by atoms with van der Waals surface area (Å²) in [5.41, 5.74) is 26.1. The summed E-state index contributed by atoms with van der Waals surface area (Å²) in [5, 5.41) is 0. The minimum absolute atomic E-state index is 0.00336. The molecule has 6 aromatic carbocycles. The number of rotatable bonds is 3. The number of aryl methyl sites for hydroxylation is 2. The summed E-state index contributed by atoms with van der Waals surface area (Å²) in [7, 11) is 0. The van der Waals surface area contributed by atoms with Gasteiger partial charge in [0.15, 0.2) is 0 Å². The Balaban J connectivity index is 1.35. The number of nitrogens with zero attached hydrogens (tertiary/aromatic N) is 2. The van der Waals surface area contributed by atoms with Gasteiger partial charge in [-0.25, -0.2) is 0 Å². The average Bonchev–Trinajstić information content (AvgIpc) is 3.39. The molecule has 2 aliphatic heterocycles. The highest BCUT2D eigenvalue weighted by Crippen LogP contribution is 2.55. The van der Waals surface area contributed by atoms with Crippen LogP contribution in [0.25, 0.3) is 11.1 Å². The molecule has 0 bridgehead atoms. The molecule has 0 saturated carbocycles. The molecule has 2 aliphatic carbocycles. The van der Waals surface area contributed by atoms with E-state index < -0.39 is 0 Å². The topological polar surface area (TPSA) is 6.48 Å². The van der Waals surface area contributed by atoms with Gasteiger partial charge < -0.3 is 9.80 Å². The Bertz CT molecular complexity index is 2910. The van der Waals surface area contributed by atoms with Gasteiger partial charge in [0.1, 0.15) is 0 Å². The molecule has 10 rings (SSSR count). The fourth-order valence-electron chi connectivity index (χ4n) is 12.6. The molecular formula is C61H71BN2. The molecule has 2 nitrogen and oxygen atoms in total. The van der Waals surface area contributed by atoms with E-state index in [1.165, 1.54) is 119 Å². The third kappa shape index (κ3) is 6.48. The van der Waals surface area contributed by atoms with E-state index in [-0.39, 0.29) is 39.2 Å². The molecule has 0 radical (unpaired) electrons. The highest BCUT2D eigenvalue weighted by atomic mass is 15.2. The summed E-state index contributed by atoms with van der Waals surface area (Å²) in [4.78, 5) is 5.37. The van der Waals surface area contributed by atoms with Crippen LogP contribution in [0, 0.1) is 13.8 Å². The SMILES string of the molecule is Cc1cc2c3c(c1)N(c1ccc(C(C)(C)C)cc1-c1ccccc1)c1cc4c(cc1B3c1cc(C(C)(C)C)ccc1N2c1cc2c(cc1C)C(C)(C)CC2(C)C)C(C)(C)CCC4(C)C. The molecule has 2 heterocycles. The van der Waals surface area contributed by atoms with Gasteiger partial charge in [-0.15, -0.1) is 0 Å². The van der Waals surface area contributed by atoms with Gasteiger partial charge in [0.2, 0.25) is 0 Å². The number of benzene rings is 6. The largest absolute Gasteiger partial charge is 0.311 e. The maximum Gasteiger partial charge on any atom is 0.252 e. The highest BCUT2D eigenvalue weighted by Gasteiger charge is 2.48. The van der Waals surface area contributed by atoms with E-state index in [0.717, 1.165) is 6.42 Å². The Morgan fingerprint density at radius 3 is 1.53 bits per heavy atom. The molecule has 0 aromatic heterocycles. The van der Waals surface area contributed by atoms with Gasteiger partial charge in [-0.2, -0.15) is 0 Å². The van der Waals surface area contributed by atoms with Gasteiger partial charge in [0.05, 0.1) is 5.69 Å². The van der Waals surface area contributed by atoms with E-state index in [0.29, 0.717) is 0 Å². The van der Waals surface area contributed by atoms with E-state index in [9.17, 15) is 0 Å².